The van der Waals surface area contributed by atoms with Gasteiger partial charge in [0.25, 0.3) is 5.65 Å². The first kappa shape index (κ1) is 17.6. The molecule has 4 heteroatoms. The minimum Gasteiger partial charge on any atom is -1.00 e. The Balaban J connectivity index is 0.00000180. The van der Waals surface area contributed by atoms with Gasteiger partial charge in [0.2, 0.25) is 0 Å². The lowest BCUT2D eigenvalue weighted by atomic mass is 10.1. The Morgan fingerprint density at radius 1 is 0.815 bits per heavy atom. The van der Waals surface area contributed by atoms with Gasteiger partial charge in [0.15, 0.2) is 0 Å². The predicted octanol–water partition coefficient (Wildman–Crippen LogP) is 1.59. The maximum absolute atomic E-state index is 5.27. The lowest BCUT2D eigenvalue weighted by Gasteiger charge is -2.06. The number of rotatable bonds is 3. The second-order valence-corrected chi connectivity index (χ2v) is 6.53. The van der Waals surface area contributed by atoms with Crippen molar-refractivity contribution >= 4 is 27.3 Å². The highest BCUT2D eigenvalue weighted by atomic mass is 79.9. The monoisotopic (exact) mass is 418 g/mol. The molecule has 0 spiro atoms. The fourth-order valence-electron chi connectivity index (χ4n) is 3.79. The van der Waals surface area contributed by atoms with E-state index in [4.69, 9.17) is 4.74 Å². The lowest BCUT2D eigenvalue weighted by molar-refractivity contribution is -0.661. The number of para-hydroxylation sites is 1. The van der Waals surface area contributed by atoms with Crippen LogP contribution in [0.15, 0.2) is 85.2 Å². The molecule has 0 aliphatic rings. The topological polar surface area (TPSA) is 17.5 Å². The maximum atomic E-state index is 5.27. The average Bonchev–Trinajstić information content (AvgIpc) is 3.13. The zero-order valence-corrected chi connectivity index (χ0v) is 16.6. The highest BCUT2D eigenvalue weighted by Crippen LogP contribution is 2.28. The Hall–Kier alpha value is -2.85. The van der Waals surface area contributed by atoms with Crippen molar-refractivity contribution in [2.75, 3.05) is 7.11 Å². The van der Waals surface area contributed by atoms with Crippen molar-refractivity contribution in [1.82, 2.24) is 4.40 Å². The summed E-state index contributed by atoms with van der Waals surface area (Å²) in [7, 11) is 1.70. The second kappa shape index (κ2) is 7.05. The van der Waals surface area contributed by atoms with Crippen molar-refractivity contribution in [2.45, 2.75) is 6.54 Å². The lowest BCUT2D eigenvalue weighted by Crippen LogP contribution is -3.00. The molecule has 0 aliphatic heterocycles. The van der Waals surface area contributed by atoms with Crippen LogP contribution in [0.25, 0.3) is 27.3 Å². The molecule has 2 aromatic heterocycles. The number of imidazole rings is 1. The van der Waals surface area contributed by atoms with Gasteiger partial charge in [0.05, 0.1) is 12.5 Å². The van der Waals surface area contributed by atoms with Crippen molar-refractivity contribution in [3.8, 4) is 5.75 Å². The van der Waals surface area contributed by atoms with Crippen LogP contribution in [-0.4, -0.2) is 11.5 Å². The van der Waals surface area contributed by atoms with Crippen molar-refractivity contribution in [3.63, 3.8) is 0 Å². The van der Waals surface area contributed by atoms with Gasteiger partial charge < -0.3 is 21.7 Å². The first-order chi connectivity index (χ1) is 12.8. The first-order valence-corrected chi connectivity index (χ1v) is 8.78. The van der Waals surface area contributed by atoms with E-state index < -0.39 is 0 Å². The van der Waals surface area contributed by atoms with Crippen LogP contribution in [0.3, 0.4) is 0 Å². The summed E-state index contributed by atoms with van der Waals surface area (Å²) in [5.74, 6) is 0.886. The average molecular weight is 419 g/mol. The highest BCUT2D eigenvalue weighted by molar-refractivity contribution is 6.10. The van der Waals surface area contributed by atoms with E-state index in [1.807, 2.05) is 12.1 Å². The molecule has 0 saturated carbocycles. The van der Waals surface area contributed by atoms with E-state index in [1.165, 1.54) is 32.9 Å². The van der Waals surface area contributed by atoms with Crippen LogP contribution in [-0.2, 0) is 6.54 Å². The largest absolute Gasteiger partial charge is 1.00 e. The quantitative estimate of drug-likeness (QED) is 0.321. The Morgan fingerprint density at radius 2 is 1.48 bits per heavy atom. The molecule has 3 nitrogen and oxygen atoms in total. The second-order valence-electron chi connectivity index (χ2n) is 6.53. The summed E-state index contributed by atoms with van der Waals surface area (Å²) in [4.78, 5) is 0. The summed E-state index contributed by atoms with van der Waals surface area (Å²) in [5.41, 5.74) is 3.70. The molecule has 3 aromatic carbocycles. The van der Waals surface area contributed by atoms with Gasteiger partial charge in [-0.05, 0) is 29.8 Å². The Kier molecular flexibility index (Phi) is 4.58. The van der Waals surface area contributed by atoms with Crippen LogP contribution in [0.4, 0.5) is 0 Å². The van der Waals surface area contributed by atoms with Crippen LogP contribution in [0.2, 0.25) is 0 Å². The first-order valence-electron chi connectivity index (χ1n) is 8.78. The molecule has 2 heterocycles. The van der Waals surface area contributed by atoms with E-state index in [0.717, 1.165) is 12.3 Å². The summed E-state index contributed by atoms with van der Waals surface area (Å²) in [5, 5.41) is 3.84. The number of halogens is 1. The van der Waals surface area contributed by atoms with Gasteiger partial charge in [0, 0.05) is 10.8 Å². The highest BCUT2D eigenvalue weighted by Gasteiger charge is 2.18. The van der Waals surface area contributed by atoms with Crippen LogP contribution >= 0.6 is 0 Å². The minimum absolute atomic E-state index is 0. The number of pyridine rings is 1. The molecule has 0 atom stereocenters. The number of hydrogen-bond donors (Lipinski definition) is 0. The third kappa shape index (κ3) is 2.86. The fourth-order valence-corrected chi connectivity index (χ4v) is 3.79. The van der Waals surface area contributed by atoms with E-state index >= 15 is 0 Å². The molecule has 0 bridgehead atoms. The Labute approximate surface area is 168 Å². The molecule has 0 amide bonds. The van der Waals surface area contributed by atoms with E-state index in [-0.39, 0.29) is 17.0 Å². The van der Waals surface area contributed by atoms with Gasteiger partial charge in [-0.25, -0.2) is 4.57 Å². The zero-order valence-electron chi connectivity index (χ0n) is 15.0. The van der Waals surface area contributed by atoms with Crippen molar-refractivity contribution in [3.05, 3.63) is 90.8 Å². The predicted molar refractivity (Wildman–Crippen MR) is 105 cm³/mol. The molecule has 0 saturated heterocycles. The smallest absolute Gasteiger partial charge is 0.294 e. The van der Waals surface area contributed by atoms with Crippen molar-refractivity contribution in [1.29, 1.82) is 0 Å². The summed E-state index contributed by atoms with van der Waals surface area (Å²) < 4.78 is 9.88. The van der Waals surface area contributed by atoms with Crippen molar-refractivity contribution in [2.24, 2.45) is 0 Å². The molecule has 0 radical (unpaired) electrons. The summed E-state index contributed by atoms with van der Waals surface area (Å²) in [6.07, 6.45) is 4.33. The molecule has 27 heavy (non-hydrogen) atoms. The number of aromatic nitrogens is 2. The van der Waals surface area contributed by atoms with Gasteiger partial charge >= 0.3 is 0 Å². The van der Waals surface area contributed by atoms with Gasteiger partial charge in [-0.2, -0.15) is 4.40 Å². The van der Waals surface area contributed by atoms with Crippen LogP contribution in [0.1, 0.15) is 5.56 Å². The van der Waals surface area contributed by atoms with E-state index in [1.54, 1.807) is 7.11 Å². The fraction of sp³-hybridized carbons (Fsp3) is 0.0870. The number of methoxy groups -OCH3 is 1. The van der Waals surface area contributed by atoms with Gasteiger partial charge in [-0.3, -0.25) is 0 Å². The molecule has 0 fully saturated rings. The molecule has 5 rings (SSSR count). The molecule has 0 unspecified atom stereocenters. The normalized spacial score (nSPS) is 11.0. The molecule has 5 aromatic rings. The van der Waals surface area contributed by atoms with Crippen LogP contribution in [0, 0.1) is 0 Å². The number of hydrogen-bond acceptors (Lipinski definition) is 1. The van der Waals surface area contributed by atoms with Gasteiger partial charge in [-0.1, -0.05) is 48.5 Å². The molecule has 0 aliphatic carbocycles. The number of nitrogens with zero attached hydrogens (tertiary/aromatic N) is 2. The Morgan fingerprint density at radius 3 is 2.22 bits per heavy atom. The summed E-state index contributed by atoms with van der Waals surface area (Å²) >= 11 is 0. The molecular formula is C23H19BrN2O. The van der Waals surface area contributed by atoms with Gasteiger partial charge in [-0.15, -0.1) is 0 Å². The van der Waals surface area contributed by atoms with E-state index in [0.29, 0.717) is 0 Å². The van der Waals surface area contributed by atoms with E-state index in [9.17, 15) is 0 Å². The number of ether oxygens (including phenoxy) is 1. The zero-order chi connectivity index (χ0) is 17.5. The summed E-state index contributed by atoms with van der Waals surface area (Å²) in [6, 6.07) is 25.5. The maximum Gasteiger partial charge on any atom is 0.294 e. The summed E-state index contributed by atoms with van der Waals surface area (Å²) in [6.45, 7) is 0.822. The third-order valence-corrected chi connectivity index (χ3v) is 5.03. The van der Waals surface area contributed by atoms with E-state index in [2.05, 4.69) is 82.0 Å². The Bertz CT molecular complexity index is 1240. The van der Waals surface area contributed by atoms with Crippen molar-refractivity contribution < 1.29 is 26.3 Å². The minimum atomic E-state index is 0. The molecular weight excluding hydrogens is 400 g/mol. The van der Waals surface area contributed by atoms with Crippen LogP contribution in [0.5, 0.6) is 5.75 Å². The third-order valence-electron chi connectivity index (χ3n) is 5.03. The molecule has 134 valence electrons. The number of fused-ring (bicyclic) bond motifs is 6. The standard InChI is InChI=1S/C23H19N2O.BrH/c1-26-18-12-10-17(11-13-18)16-24-14-15-25-22-9-5-4-7-20(22)19-6-2-3-8-21(19)23(24)25;/h2-15H,16H2,1H3;1H/q+1;/p-1. The number of benzene rings is 3. The molecule has 0 N–H and O–H groups in total. The van der Waals surface area contributed by atoms with Crippen LogP contribution < -0.4 is 26.3 Å². The SMILES string of the molecule is COc1ccc(C[n+]2ccn3c4ccccc4c4ccccc4c32)cc1.[Br-]. The van der Waals surface area contributed by atoms with Gasteiger partial charge in [0.1, 0.15) is 30.2 Å².